The van der Waals surface area contributed by atoms with E-state index in [0.717, 1.165) is 37.2 Å². The Labute approximate surface area is 215 Å². The van der Waals surface area contributed by atoms with Crippen LogP contribution >= 0.6 is 0 Å². The van der Waals surface area contributed by atoms with E-state index in [1.165, 1.54) is 0 Å². The van der Waals surface area contributed by atoms with Gasteiger partial charge in [-0.1, -0.05) is 71.0 Å². The zero-order chi connectivity index (χ0) is 26.5. The van der Waals surface area contributed by atoms with E-state index in [1.807, 2.05) is 31.2 Å². The second kappa shape index (κ2) is 11.7. The summed E-state index contributed by atoms with van der Waals surface area (Å²) in [5.41, 5.74) is 2.53. The number of nitrogens with zero attached hydrogens (tertiary/aromatic N) is 2. The zero-order valence-electron chi connectivity index (χ0n) is 22.5. The minimum atomic E-state index is -0.651. The van der Waals surface area contributed by atoms with Crippen molar-refractivity contribution >= 4 is 17.4 Å². The number of hydrogen-bond donors (Lipinski definition) is 1. The molecule has 1 fully saturated rings. The van der Waals surface area contributed by atoms with E-state index in [-0.39, 0.29) is 16.7 Å². The number of aliphatic hydroxyl groups excluding tert-OH is 1. The molecule has 1 saturated heterocycles. The van der Waals surface area contributed by atoms with Gasteiger partial charge in [-0.15, -0.1) is 0 Å². The zero-order valence-corrected chi connectivity index (χ0v) is 22.5. The SMILES string of the molecule is CCOc1cccc(C(O)=C2C(=O)C(=O)N(CCCN(CC)CC)C2c2ccc(C(C)(C)C)cc2)c1. The molecule has 1 aliphatic rings. The van der Waals surface area contributed by atoms with Crippen molar-refractivity contribution in [3.8, 4) is 5.75 Å². The topological polar surface area (TPSA) is 70.1 Å². The first-order valence-corrected chi connectivity index (χ1v) is 13.0. The number of hydrogen-bond acceptors (Lipinski definition) is 5. The molecule has 0 radical (unpaired) electrons. The average molecular weight is 493 g/mol. The van der Waals surface area contributed by atoms with E-state index in [2.05, 4.69) is 39.5 Å². The standard InChI is InChI=1S/C30H40N2O4/c1-7-31(8-2)18-11-19-32-26(21-14-16-23(17-15-21)30(4,5)6)25(28(34)29(32)35)27(33)22-12-10-13-24(20-22)36-9-3/h10,12-17,20,26,33H,7-9,11,18-19H2,1-6H3. The number of ketones is 1. The van der Waals surface area contributed by atoms with Gasteiger partial charge in [-0.05, 0) is 61.7 Å². The number of Topliss-reactive ketones (excluding diaryl/α,β-unsaturated/α-hetero) is 1. The molecule has 1 heterocycles. The van der Waals surface area contributed by atoms with Crippen molar-refractivity contribution in [3.63, 3.8) is 0 Å². The highest BCUT2D eigenvalue weighted by molar-refractivity contribution is 6.46. The van der Waals surface area contributed by atoms with Crippen LogP contribution in [0, 0.1) is 0 Å². The highest BCUT2D eigenvalue weighted by atomic mass is 16.5. The van der Waals surface area contributed by atoms with Crippen molar-refractivity contribution < 1.29 is 19.4 Å². The van der Waals surface area contributed by atoms with Gasteiger partial charge in [0.25, 0.3) is 11.7 Å². The van der Waals surface area contributed by atoms with Crippen LogP contribution in [0.1, 0.15) is 70.7 Å². The minimum absolute atomic E-state index is 0.0240. The maximum absolute atomic E-state index is 13.3. The Bertz CT molecular complexity index is 1090. The first-order chi connectivity index (χ1) is 17.1. The average Bonchev–Trinajstić information content (AvgIpc) is 3.11. The van der Waals surface area contributed by atoms with Crippen molar-refractivity contribution in [1.29, 1.82) is 0 Å². The molecule has 0 aromatic heterocycles. The number of benzene rings is 2. The number of aliphatic hydroxyl groups is 1. The Balaban J connectivity index is 2.06. The molecule has 0 saturated carbocycles. The van der Waals surface area contributed by atoms with Crippen LogP contribution in [0.3, 0.4) is 0 Å². The third-order valence-corrected chi connectivity index (χ3v) is 6.82. The molecule has 2 aromatic carbocycles. The lowest BCUT2D eigenvalue weighted by atomic mass is 9.85. The Morgan fingerprint density at radius 3 is 2.28 bits per heavy atom. The molecule has 0 spiro atoms. The van der Waals surface area contributed by atoms with E-state index in [9.17, 15) is 14.7 Å². The Morgan fingerprint density at radius 1 is 1.03 bits per heavy atom. The quantitative estimate of drug-likeness (QED) is 0.268. The Kier molecular flexibility index (Phi) is 8.96. The minimum Gasteiger partial charge on any atom is -0.507 e. The molecule has 6 nitrogen and oxygen atoms in total. The fourth-order valence-electron chi connectivity index (χ4n) is 4.68. The van der Waals surface area contributed by atoms with Gasteiger partial charge in [-0.2, -0.15) is 0 Å². The van der Waals surface area contributed by atoms with Gasteiger partial charge in [0.15, 0.2) is 0 Å². The highest BCUT2D eigenvalue weighted by Gasteiger charge is 2.45. The molecule has 1 amide bonds. The third-order valence-electron chi connectivity index (χ3n) is 6.82. The molecule has 1 atom stereocenters. The summed E-state index contributed by atoms with van der Waals surface area (Å²) >= 11 is 0. The predicted molar refractivity (Wildman–Crippen MR) is 144 cm³/mol. The van der Waals surface area contributed by atoms with Crippen LogP contribution in [-0.4, -0.2) is 59.4 Å². The molecule has 6 heteroatoms. The molecule has 1 aliphatic heterocycles. The Morgan fingerprint density at radius 2 is 1.69 bits per heavy atom. The maximum atomic E-state index is 13.3. The summed E-state index contributed by atoms with van der Waals surface area (Å²) in [5, 5.41) is 11.3. The fraction of sp³-hybridized carbons (Fsp3) is 0.467. The summed E-state index contributed by atoms with van der Waals surface area (Å²) in [6.45, 7) is 16.2. The van der Waals surface area contributed by atoms with Crippen LogP contribution in [-0.2, 0) is 15.0 Å². The van der Waals surface area contributed by atoms with Crippen LogP contribution in [0.2, 0.25) is 0 Å². The number of rotatable bonds is 10. The number of amides is 1. The second-order valence-corrected chi connectivity index (χ2v) is 10.2. The van der Waals surface area contributed by atoms with E-state index in [4.69, 9.17) is 4.74 Å². The molecular formula is C30H40N2O4. The third kappa shape index (κ3) is 5.98. The van der Waals surface area contributed by atoms with Crippen LogP contribution in [0.25, 0.3) is 5.76 Å². The smallest absolute Gasteiger partial charge is 0.295 e. The fourth-order valence-corrected chi connectivity index (χ4v) is 4.68. The Hall–Kier alpha value is -3.12. The summed E-state index contributed by atoms with van der Waals surface area (Å²) < 4.78 is 5.58. The summed E-state index contributed by atoms with van der Waals surface area (Å²) in [4.78, 5) is 30.5. The molecule has 2 aromatic rings. The van der Waals surface area contributed by atoms with Gasteiger partial charge < -0.3 is 19.6 Å². The lowest BCUT2D eigenvalue weighted by Crippen LogP contribution is -2.33. The first kappa shape index (κ1) is 27.5. The van der Waals surface area contributed by atoms with Crippen molar-refractivity contribution in [2.75, 3.05) is 32.8 Å². The molecular weight excluding hydrogens is 452 g/mol. The largest absolute Gasteiger partial charge is 0.507 e. The van der Waals surface area contributed by atoms with E-state index in [1.54, 1.807) is 29.2 Å². The van der Waals surface area contributed by atoms with E-state index >= 15 is 0 Å². The predicted octanol–water partition coefficient (Wildman–Crippen LogP) is 5.54. The van der Waals surface area contributed by atoms with E-state index < -0.39 is 17.7 Å². The summed E-state index contributed by atoms with van der Waals surface area (Å²) in [7, 11) is 0. The highest BCUT2D eigenvalue weighted by Crippen LogP contribution is 2.40. The van der Waals surface area contributed by atoms with Gasteiger partial charge in [-0.3, -0.25) is 9.59 Å². The summed E-state index contributed by atoms with van der Waals surface area (Å²) in [6, 6.07) is 14.4. The van der Waals surface area contributed by atoms with Gasteiger partial charge in [-0.25, -0.2) is 0 Å². The number of carbonyl (C=O) groups is 2. The molecule has 194 valence electrons. The molecule has 1 unspecified atom stereocenters. The number of ether oxygens (including phenoxy) is 1. The van der Waals surface area contributed by atoms with Gasteiger partial charge >= 0.3 is 0 Å². The molecule has 1 N–H and O–H groups in total. The van der Waals surface area contributed by atoms with Gasteiger partial charge in [0, 0.05) is 12.1 Å². The van der Waals surface area contributed by atoms with Gasteiger partial charge in [0.05, 0.1) is 18.2 Å². The van der Waals surface area contributed by atoms with Crippen molar-refractivity contribution in [1.82, 2.24) is 9.80 Å². The number of likely N-dealkylation sites (tertiary alicyclic amines) is 1. The summed E-state index contributed by atoms with van der Waals surface area (Å²) in [5.74, 6) is -0.795. The maximum Gasteiger partial charge on any atom is 0.295 e. The number of carbonyl (C=O) groups excluding carboxylic acids is 2. The van der Waals surface area contributed by atoms with Crippen LogP contribution in [0.15, 0.2) is 54.1 Å². The molecule has 0 aliphatic carbocycles. The molecule has 0 bridgehead atoms. The van der Waals surface area contributed by atoms with Crippen molar-refractivity contribution in [2.24, 2.45) is 0 Å². The first-order valence-electron chi connectivity index (χ1n) is 13.0. The van der Waals surface area contributed by atoms with Gasteiger partial charge in [0.1, 0.15) is 11.5 Å². The van der Waals surface area contributed by atoms with Crippen LogP contribution in [0.4, 0.5) is 0 Å². The van der Waals surface area contributed by atoms with Crippen molar-refractivity contribution in [3.05, 3.63) is 70.8 Å². The molecule has 36 heavy (non-hydrogen) atoms. The molecule has 3 rings (SSSR count). The summed E-state index contributed by atoms with van der Waals surface area (Å²) in [6.07, 6.45) is 0.741. The lowest BCUT2D eigenvalue weighted by Gasteiger charge is -2.27. The van der Waals surface area contributed by atoms with E-state index in [0.29, 0.717) is 24.5 Å². The normalized spacial score (nSPS) is 17.8. The van der Waals surface area contributed by atoms with Crippen molar-refractivity contribution in [2.45, 2.75) is 59.4 Å². The van der Waals surface area contributed by atoms with Crippen LogP contribution in [0.5, 0.6) is 5.75 Å². The lowest BCUT2D eigenvalue weighted by molar-refractivity contribution is -0.140. The monoisotopic (exact) mass is 492 g/mol. The van der Waals surface area contributed by atoms with Gasteiger partial charge in [0.2, 0.25) is 0 Å². The van der Waals surface area contributed by atoms with Crippen LogP contribution < -0.4 is 4.74 Å². The second-order valence-electron chi connectivity index (χ2n) is 10.2.